The zero-order valence-electron chi connectivity index (χ0n) is 15.8. The molecule has 29 heavy (non-hydrogen) atoms. The zero-order chi connectivity index (χ0) is 20.1. The molecule has 2 heterocycles. The number of anilines is 2. The van der Waals surface area contributed by atoms with Gasteiger partial charge < -0.3 is 10.1 Å². The van der Waals surface area contributed by atoms with Crippen molar-refractivity contribution < 1.29 is 9.66 Å². The molecule has 0 spiro atoms. The van der Waals surface area contributed by atoms with Crippen molar-refractivity contribution in [3.8, 4) is 11.3 Å². The summed E-state index contributed by atoms with van der Waals surface area (Å²) in [5, 5.41) is 22.5. The highest BCUT2D eigenvalue weighted by Crippen LogP contribution is 2.23. The zero-order valence-corrected chi connectivity index (χ0v) is 15.8. The van der Waals surface area contributed by atoms with Crippen molar-refractivity contribution in [1.29, 1.82) is 0 Å². The third kappa shape index (κ3) is 4.92. The lowest BCUT2D eigenvalue weighted by Crippen LogP contribution is -2.35. The minimum absolute atomic E-state index is 0.0312. The fourth-order valence-electron chi connectivity index (χ4n) is 3.19. The van der Waals surface area contributed by atoms with Gasteiger partial charge in [-0.3, -0.25) is 15.0 Å². The molecule has 0 saturated carbocycles. The summed E-state index contributed by atoms with van der Waals surface area (Å²) in [6.07, 6.45) is 0. The van der Waals surface area contributed by atoms with E-state index in [2.05, 4.69) is 32.5 Å². The van der Waals surface area contributed by atoms with E-state index in [0.717, 1.165) is 38.5 Å². The third-order valence-corrected chi connectivity index (χ3v) is 4.75. The van der Waals surface area contributed by atoms with Crippen LogP contribution in [0.3, 0.4) is 0 Å². The Morgan fingerprint density at radius 3 is 2.52 bits per heavy atom. The number of morpholine rings is 1. The number of non-ortho nitro benzene ring substituents is 1. The van der Waals surface area contributed by atoms with Crippen LogP contribution in [0.15, 0.2) is 60.7 Å². The molecule has 1 aliphatic heterocycles. The Labute approximate surface area is 168 Å². The summed E-state index contributed by atoms with van der Waals surface area (Å²) >= 11 is 0. The summed E-state index contributed by atoms with van der Waals surface area (Å²) in [5.74, 6) is 0.611. The standard InChI is InChI=1S/C21H21N5O3/c27-26(28)19-3-1-2-17(14-19)20-8-9-21(24-23-20)22-18-6-4-16(5-7-18)15-25-10-12-29-13-11-25/h1-9,14H,10-13,15H2,(H,22,24). The van der Waals surface area contributed by atoms with Crippen molar-refractivity contribution in [1.82, 2.24) is 15.1 Å². The Hall–Kier alpha value is -3.36. The molecule has 1 saturated heterocycles. The highest BCUT2D eigenvalue weighted by Gasteiger charge is 2.11. The minimum Gasteiger partial charge on any atom is -0.379 e. The first-order chi connectivity index (χ1) is 14.2. The van der Waals surface area contributed by atoms with Gasteiger partial charge in [-0.15, -0.1) is 10.2 Å². The molecule has 0 amide bonds. The fraction of sp³-hybridized carbons (Fsp3) is 0.238. The lowest BCUT2D eigenvalue weighted by atomic mass is 10.1. The molecule has 148 valence electrons. The van der Waals surface area contributed by atoms with Crippen LogP contribution < -0.4 is 5.32 Å². The quantitative estimate of drug-likeness (QED) is 0.506. The van der Waals surface area contributed by atoms with E-state index in [-0.39, 0.29) is 5.69 Å². The van der Waals surface area contributed by atoms with E-state index < -0.39 is 4.92 Å². The maximum absolute atomic E-state index is 10.9. The van der Waals surface area contributed by atoms with Gasteiger partial charge in [-0.2, -0.15) is 0 Å². The highest BCUT2D eigenvalue weighted by molar-refractivity contribution is 5.64. The van der Waals surface area contributed by atoms with Gasteiger partial charge in [-0.05, 0) is 29.8 Å². The number of benzene rings is 2. The summed E-state index contributed by atoms with van der Waals surface area (Å²) in [5.41, 5.74) is 3.45. The number of rotatable bonds is 6. The van der Waals surface area contributed by atoms with E-state index in [1.54, 1.807) is 18.2 Å². The molecular formula is C21H21N5O3. The van der Waals surface area contributed by atoms with Crippen LogP contribution in [0.2, 0.25) is 0 Å². The molecule has 8 heteroatoms. The molecule has 1 aliphatic rings. The third-order valence-electron chi connectivity index (χ3n) is 4.75. The Balaban J connectivity index is 1.39. The molecule has 0 atom stereocenters. The molecule has 8 nitrogen and oxygen atoms in total. The van der Waals surface area contributed by atoms with Crippen LogP contribution in [0.1, 0.15) is 5.56 Å². The van der Waals surface area contributed by atoms with Crippen LogP contribution in [0, 0.1) is 10.1 Å². The van der Waals surface area contributed by atoms with E-state index in [1.807, 2.05) is 18.2 Å². The van der Waals surface area contributed by atoms with Crippen molar-refractivity contribution in [2.75, 3.05) is 31.6 Å². The van der Waals surface area contributed by atoms with Crippen LogP contribution in [-0.2, 0) is 11.3 Å². The number of nitrogens with one attached hydrogen (secondary N) is 1. The molecule has 0 radical (unpaired) electrons. The van der Waals surface area contributed by atoms with Gasteiger partial charge in [0.05, 0.1) is 23.8 Å². The van der Waals surface area contributed by atoms with Gasteiger partial charge in [0.2, 0.25) is 0 Å². The highest BCUT2D eigenvalue weighted by atomic mass is 16.6. The van der Waals surface area contributed by atoms with E-state index in [0.29, 0.717) is 17.1 Å². The van der Waals surface area contributed by atoms with E-state index in [4.69, 9.17) is 4.74 Å². The summed E-state index contributed by atoms with van der Waals surface area (Å²) < 4.78 is 5.38. The Kier molecular flexibility index (Phi) is 5.73. The SMILES string of the molecule is O=[N+]([O-])c1cccc(-c2ccc(Nc3ccc(CN4CCOCC4)cc3)nn2)c1. The van der Waals surface area contributed by atoms with Gasteiger partial charge in [-0.1, -0.05) is 24.3 Å². The van der Waals surface area contributed by atoms with Gasteiger partial charge in [0, 0.05) is 43.0 Å². The number of nitrogens with zero attached hydrogens (tertiary/aromatic N) is 4. The predicted octanol–water partition coefficient (Wildman–Crippen LogP) is 3.63. The van der Waals surface area contributed by atoms with Gasteiger partial charge >= 0.3 is 0 Å². The van der Waals surface area contributed by atoms with Gasteiger partial charge in [0.15, 0.2) is 5.82 Å². The topological polar surface area (TPSA) is 93.4 Å². The van der Waals surface area contributed by atoms with Gasteiger partial charge in [-0.25, -0.2) is 0 Å². The Bertz CT molecular complexity index is 970. The molecule has 1 N–H and O–H groups in total. The smallest absolute Gasteiger partial charge is 0.270 e. The first kappa shape index (κ1) is 19.0. The van der Waals surface area contributed by atoms with Crippen LogP contribution in [0.5, 0.6) is 0 Å². The Morgan fingerprint density at radius 1 is 1.03 bits per heavy atom. The molecule has 2 aromatic carbocycles. The largest absolute Gasteiger partial charge is 0.379 e. The molecule has 0 aliphatic carbocycles. The van der Waals surface area contributed by atoms with Crippen LogP contribution in [-0.4, -0.2) is 46.3 Å². The molecule has 0 bridgehead atoms. The minimum atomic E-state index is -0.421. The van der Waals surface area contributed by atoms with Crippen molar-refractivity contribution >= 4 is 17.2 Å². The number of hydrogen-bond acceptors (Lipinski definition) is 7. The normalized spacial score (nSPS) is 14.5. The van der Waals surface area contributed by atoms with Crippen molar-refractivity contribution in [2.45, 2.75) is 6.54 Å². The van der Waals surface area contributed by atoms with Crippen LogP contribution in [0.4, 0.5) is 17.2 Å². The van der Waals surface area contributed by atoms with Crippen molar-refractivity contribution in [3.05, 3.63) is 76.3 Å². The average Bonchev–Trinajstić information content (AvgIpc) is 2.76. The summed E-state index contributed by atoms with van der Waals surface area (Å²) in [4.78, 5) is 12.9. The summed E-state index contributed by atoms with van der Waals surface area (Å²) in [6.45, 7) is 4.44. The van der Waals surface area contributed by atoms with E-state index >= 15 is 0 Å². The Morgan fingerprint density at radius 2 is 1.83 bits per heavy atom. The first-order valence-electron chi connectivity index (χ1n) is 9.42. The second-order valence-corrected chi connectivity index (χ2v) is 6.82. The number of nitro groups is 1. The number of hydrogen-bond donors (Lipinski definition) is 1. The average molecular weight is 391 g/mol. The van der Waals surface area contributed by atoms with Gasteiger partial charge in [0.25, 0.3) is 5.69 Å². The van der Waals surface area contributed by atoms with E-state index in [9.17, 15) is 10.1 Å². The maximum atomic E-state index is 10.9. The van der Waals surface area contributed by atoms with Crippen molar-refractivity contribution in [3.63, 3.8) is 0 Å². The van der Waals surface area contributed by atoms with Crippen LogP contribution >= 0.6 is 0 Å². The number of aromatic nitrogens is 2. The van der Waals surface area contributed by atoms with Crippen molar-refractivity contribution in [2.24, 2.45) is 0 Å². The molecule has 0 unspecified atom stereocenters. The fourth-order valence-corrected chi connectivity index (χ4v) is 3.19. The van der Waals surface area contributed by atoms with E-state index in [1.165, 1.54) is 17.7 Å². The monoisotopic (exact) mass is 391 g/mol. The molecule has 1 aromatic heterocycles. The molecule has 4 rings (SSSR count). The predicted molar refractivity (Wildman–Crippen MR) is 110 cm³/mol. The number of ether oxygens (including phenoxy) is 1. The molecule has 3 aromatic rings. The lowest BCUT2D eigenvalue weighted by molar-refractivity contribution is -0.384. The lowest BCUT2D eigenvalue weighted by Gasteiger charge is -2.26. The van der Waals surface area contributed by atoms with Crippen LogP contribution in [0.25, 0.3) is 11.3 Å². The first-order valence-corrected chi connectivity index (χ1v) is 9.42. The summed E-state index contributed by atoms with van der Waals surface area (Å²) in [6, 6.07) is 18.2. The maximum Gasteiger partial charge on any atom is 0.270 e. The molecular weight excluding hydrogens is 370 g/mol. The second-order valence-electron chi connectivity index (χ2n) is 6.82. The molecule has 1 fully saturated rings. The second kappa shape index (κ2) is 8.76. The van der Waals surface area contributed by atoms with Gasteiger partial charge in [0.1, 0.15) is 0 Å². The summed E-state index contributed by atoms with van der Waals surface area (Å²) in [7, 11) is 0. The number of nitro benzene ring substituents is 1.